The minimum atomic E-state index is 0.805. The van der Waals surface area contributed by atoms with Gasteiger partial charge in [-0.25, -0.2) is 0 Å². The summed E-state index contributed by atoms with van der Waals surface area (Å²) in [6, 6.07) is 0. The van der Waals surface area contributed by atoms with Crippen LogP contribution in [0.3, 0.4) is 0 Å². The Kier molecular flexibility index (Phi) is 8.09. The van der Waals surface area contributed by atoms with Crippen LogP contribution in [0.5, 0.6) is 0 Å². The van der Waals surface area contributed by atoms with Gasteiger partial charge in [0.05, 0.1) is 12.2 Å². The van der Waals surface area contributed by atoms with Gasteiger partial charge in [-0.05, 0) is 25.9 Å². The van der Waals surface area contributed by atoms with Crippen molar-refractivity contribution >= 4 is 0 Å². The van der Waals surface area contributed by atoms with Crippen molar-refractivity contribution in [1.29, 1.82) is 0 Å². The van der Waals surface area contributed by atoms with Crippen molar-refractivity contribution in [2.75, 3.05) is 26.2 Å². The normalized spacial score (nSPS) is 11.1. The second-order valence-electron chi connectivity index (χ2n) is 4.74. The summed E-state index contributed by atoms with van der Waals surface area (Å²) in [4.78, 5) is 2.38. The van der Waals surface area contributed by atoms with Crippen molar-refractivity contribution in [3.8, 4) is 0 Å². The maximum Gasteiger partial charge on any atom is 0.0964 e. The van der Waals surface area contributed by atoms with Crippen molar-refractivity contribution in [2.45, 2.75) is 39.8 Å². The molecule has 0 radical (unpaired) electrons. The van der Waals surface area contributed by atoms with Crippen molar-refractivity contribution in [3.05, 3.63) is 24.5 Å². The SMILES string of the molecule is C=CCN(CCC)CCn1cc(CNCCC)nn1. The van der Waals surface area contributed by atoms with Gasteiger partial charge < -0.3 is 5.32 Å². The van der Waals surface area contributed by atoms with Gasteiger partial charge in [0.15, 0.2) is 0 Å². The van der Waals surface area contributed by atoms with Crippen molar-refractivity contribution in [3.63, 3.8) is 0 Å². The molecule has 0 bridgehead atoms. The Bertz CT molecular complexity index is 347. The number of nitrogens with zero attached hydrogens (tertiary/aromatic N) is 4. The van der Waals surface area contributed by atoms with E-state index in [-0.39, 0.29) is 0 Å². The summed E-state index contributed by atoms with van der Waals surface area (Å²) in [6.07, 6.45) is 6.29. The molecule has 0 fully saturated rings. The van der Waals surface area contributed by atoms with Crippen LogP contribution in [0.2, 0.25) is 0 Å². The summed E-state index contributed by atoms with van der Waals surface area (Å²) in [6.45, 7) is 13.9. The van der Waals surface area contributed by atoms with E-state index in [4.69, 9.17) is 0 Å². The molecule has 0 atom stereocenters. The zero-order chi connectivity index (χ0) is 13.9. The molecular weight excluding hydrogens is 238 g/mol. The molecule has 0 unspecified atom stereocenters. The van der Waals surface area contributed by atoms with Gasteiger partial charge in [-0.3, -0.25) is 9.58 Å². The lowest BCUT2D eigenvalue weighted by Crippen LogP contribution is -2.28. The molecule has 1 aromatic rings. The van der Waals surface area contributed by atoms with E-state index >= 15 is 0 Å². The summed E-state index contributed by atoms with van der Waals surface area (Å²) < 4.78 is 1.93. The Hall–Kier alpha value is -1.20. The van der Waals surface area contributed by atoms with Crippen LogP contribution >= 0.6 is 0 Å². The molecule has 0 aliphatic rings. The lowest BCUT2D eigenvalue weighted by atomic mass is 10.4. The van der Waals surface area contributed by atoms with E-state index in [1.165, 1.54) is 0 Å². The average molecular weight is 265 g/mol. The van der Waals surface area contributed by atoms with Crippen LogP contribution in [0.1, 0.15) is 32.4 Å². The van der Waals surface area contributed by atoms with Crippen LogP contribution in [-0.4, -0.2) is 46.1 Å². The van der Waals surface area contributed by atoms with E-state index in [1.807, 2.05) is 17.0 Å². The maximum atomic E-state index is 4.17. The summed E-state index contributed by atoms with van der Waals surface area (Å²) in [5.74, 6) is 0. The third-order valence-electron chi connectivity index (χ3n) is 2.89. The molecule has 19 heavy (non-hydrogen) atoms. The van der Waals surface area contributed by atoms with Gasteiger partial charge in [-0.2, -0.15) is 0 Å². The first-order valence-electron chi connectivity index (χ1n) is 7.23. The lowest BCUT2D eigenvalue weighted by Gasteiger charge is -2.19. The van der Waals surface area contributed by atoms with Crippen molar-refractivity contribution < 1.29 is 0 Å². The minimum Gasteiger partial charge on any atom is -0.311 e. The van der Waals surface area contributed by atoms with Gasteiger partial charge in [-0.15, -0.1) is 11.7 Å². The van der Waals surface area contributed by atoms with E-state index in [0.717, 1.165) is 57.8 Å². The first-order chi connectivity index (χ1) is 9.30. The predicted octanol–water partition coefficient (Wildman–Crippen LogP) is 1.68. The molecule has 1 aromatic heterocycles. The number of rotatable bonds is 11. The van der Waals surface area contributed by atoms with Gasteiger partial charge in [0.1, 0.15) is 0 Å². The second-order valence-corrected chi connectivity index (χ2v) is 4.74. The fraction of sp³-hybridized carbons (Fsp3) is 0.714. The molecule has 0 spiro atoms. The Balaban J connectivity index is 2.33. The smallest absolute Gasteiger partial charge is 0.0964 e. The molecule has 5 nitrogen and oxygen atoms in total. The van der Waals surface area contributed by atoms with Crippen molar-refractivity contribution in [2.24, 2.45) is 0 Å². The largest absolute Gasteiger partial charge is 0.311 e. The number of aromatic nitrogens is 3. The Morgan fingerprint density at radius 1 is 1.37 bits per heavy atom. The summed E-state index contributed by atoms with van der Waals surface area (Å²) in [7, 11) is 0. The highest BCUT2D eigenvalue weighted by Crippen LogP contribution is 1.96. The topological polar surface area (TPSA) is 46.0 Å². The lowest BCUT2D eigenvalue weighted by molar-refractivity contribution is 0.283. The van der Waals surface area contributed by atoms with E-state index in [9.17, 15) is 0 Å². The molecule has 1 rings (SSSR count). The average Bonchev–Trinajstić information content (AvgIpc) is 2.85. The third-order valence-corrected chi connectivity index (χ3v) is 2.89. The Morgan fingerprint density at radius 3 is 2.89 bits per heavy atom. The van der Waals surface area contributed by atoms with Crippen LogP contribution in [0.15, 0.2) is 18.9 Å². The molecule has 5 heteroatoms. The summed E-state index contributed by atoms with van der Waals surface area (Å²) in [5, 5.41) is 11.7. The van der Waals surface area contributed by atoms with Gasteiger partial charge in [0.2, 0.25) is 0 Å². The fourth-order valence-corrected chi connectivity index (χ4v) is 1.96. The molecule has 0 aliphatic heterocycles. The second kappa shape index (κ2) is 9.69. The van der Waals surface area contributed by atoms with Gasteiger partial charge >= 0.3 is 0 Å². The Morgan fingerprint density at radius 2 is 2.21 bits per heavy atom. The zero-order valence-electron chi connectivity index (χ0n) is 12.3. The predicted molar refractivity (Wildman–Crippen MR) is 78.9 cm³/mol. The number of hydrogen-bond acceptors (Lipinski definition) is 4. The molecule has 0 saturated carbocycles. The number of hydrogen-bond donors (Lipinski definition) is 1. The first-order valence-corrected chi connectivity index (χ1v) is 7.23. The molecular formula is C14H27N5. The van der Waals surface area contributed by atoms with Crippen LogP contribution in [0.4, 0.5) is 0 Å². The van der Waals surface area contributed by atoms with Crippen LogP contribution in [0.25, 0.3) is 0 Å². The van der Waals surface area contributed by atoms with E-state index < -0.39 is 0 Å². The summed E-state index contributed by atoms with van der Waals surface area (Å²) >= 11 is 0. The molecule has 108 valence electrons. The molecule has 0 aliphatic carbocycles. The molecule has 1 heterocycles. The number of nitrogens with one attached hydrogen (secondary N) is 1. The van der Waals surface area contributed by atoms with E-state index in [1.54, 1.807) is 0 Å². The fourth-order valence-electron chi connectivity index (χ4n) is 1.96. The molecule has 0 amide bonds. The standard InChI is InChI=1S/C14H27N5/c1-4-7-15-12-14-13-19(17-16-14)11-10-18(8-5-2)9-6-3/h5,13,15H,2,4,6-12H2,1,3H3. The van der Waals surface area contributed by atoms with Crippen LogP contribution in [-0.2, 0) is 13.1 Å². The Labute approximate surface area is 116 Å². The monoisotopic (exact) mass is 265 g/mol. The first kappa shape index (κ1) is 15.9. The maximum absolute atomic E-state index is 4.17. The van der Waals surface area contributed by atoms with E-state index in [2.05, 4.69) is 41.0 Å². The van der Waals surface area contributed by atoms with E-state index in [0.29, 0.717) is 0 Å². The highest BCUT2D eigenvalue weighted by atomic mass is 15.4. The molecule has 0 saturated heterocycles. The van der Waals surface area contributed by atoms with Gasteiger partial charge in [0.25, 0.3) is 0 Å². The third kappa shape index (κ3) is 6.50. The van der Waals surface area contributed by atoms with Crippen LogP contribution < -0.4 is 5.32 Å². The molecule has 0 aromatic carbocycles. The van der Waals surface area contributed by atoms with Gasteiger partial charge in [0, 0.05) is 25.8 Å². The summed E-state index contributed by atoms with van der Waals surface area (Å²) in [5.41, 5.74) is 1.01. The highest BCUT2D eigenvalue weighted by molar-refractivity contribution is 4.91. The molecule has 1 N–H and O–H groups in total. The highest BCUT2D eigenvalue weighted by Gasteiger charge is 2.04. The quantitative estimate of drug-likeness (QED) is 0.488. The zero-order valence-corrected chi connectivity index (χ0v) is 12.3. The van der Waals surface area contributed by atoms with Crippen molar-refractivity contribution in [1.82, 2.24) is 25.2 Å². The minimum absolute atomic E-state index is 0.805. The van der Waals surface area contributed by atoms with Crippen LogP contribution in [0, 0.1) is 0 Å². The van der Waals surface area contributed by atoms with Gasteiger partial charge in [-0.1, -0.05) is 25.1 Å².